The molecule has 3 rings (SSSR count). The van der Waals surface area contributed by atoms with E-state index in [1.807, 2.05) is 24.3 Å². The van der Waals surface area contributed by atoms with Crippen molar-refractivity contribution in [1.82, 2.24) is 4.98 Å². The third kappa shape index (κ3) is 2.68. The number of fused-ring (bicyclic) bond motifs is 1. The summed E-state index contributed by atoms with van der Waals surface area (Å²) in [6.07, 6.45) is 1.10. The quantitative estimate of drug-likeness (QED) is 0.785. The third-order valence-electron chi connectivity index (χ3n) is 3.15. The number of aromatic nitrogens is 1. The lowest BCUT2D eigenvalue weighted by Crippen LogP contribution is -2.02. The number of halogens is 2. The Labute approximate surface area is 126 Å². The predicted octanol–water partition coefficient (Wildman–Crippen LogP) is 4.28. The highest BCUT2D eigenvalue weighted by Gasteiger charge is 2.10. The van der Waals surface area contributed by atoms with Crippen LogP contribution in [0.4, 0.5) is 4.39 Å². The molecular weight excluding hydrogens is 291 g/mol. The minimum Gasteiger partial charge on any atom is -0.438 e. The minimum atomic E-state index is -0.441. The van der Waals surface area contributed by atoms with Crippen LogP contribution < -0.4 is 10.5 Å². The van der Waals surface area contributed by atoms with Gasteiger partial charge in [0, 0.05) is 27.9 Å². The second kappa shape index (κ2) is 5.68. The monoisotopic (exact) mass is 302 g/mol. The number of rotatable bonds is 3. The standard InChI is InChI=1S/C16H12ClFN2O/c17-14-5-6-15(13-4-2-1-3-12(13)14)21-16-10(8-19)7-11(18)9-20-16/h1-7,9H,8,19H2. The van der Waals surface area contributed by atoms with Crippen molar-refractivity contribution in [2.75, 3.05) is 0 Å². The Morgan fingerprint density at radius 1 is 1.14 bits per heavy atom. The summed E-state index contributed by atoms with van der Waals surface area (Å²) in [5.41, 5.74) is 6.11. The third-order valence-corrected chi connectivity index (χ3v) is 3.48. The van der Waals surface area contributed by atoms with Gasteiger partial charge in [0.25, 0.3) is 0 Å². The Kier molecular flexibility index (Phi) is 3.73. The Hall–Kier alpha value is -2.17. The normalized spacial score (nSPS) is 10.8. The van der Waals surface area contributed by atoms with Gasteiger partial charge in [0.05, 0.1) is 6.20 Å². The first-order valence-electron chi connectivity index (χ1n) is 6.38. The van der Waals surface area contributed by atoms with E-state index in [-0.39, 0.29) is 6.54 Å². The summed E-state index contributed by atoms with van der Waals surface area (Å²) >= 11 is 6.17. The molecule has 21 heavy (non-hydrogen) atoms. The summed E-state index contributed by atoms with van der Waals surface area (Å²) in [6, 6.07) is 12.4. The zero-order valence-electron chi connectivity index (χ0n) is 11.0. The first-order chi connectivity index (χ1) is 10.2. The van der Waals surface area contributed by atoms with Gasteiger partial charge in [0.1, 0.15) is 11.6 Å². The van der Waals surface area contributed by atoms with Crippen LogP contribution >= 0.6 is 11.6 Å². The molecule has 0 radical (unpaired) electrons. The minimum absolute atomic E-state index is 0.144. The maximum absolute atomic E-state index is 13.2. The number of ether oxygens (including phenoxy) is 1. The number of nitrogens with two attached hydrogens (primary N) is 1. The lowest BCUT2D eigenvalue weighted by atomic mass is 10.1. The van der Waals surface area contributed by atoms with E-state index in [2.05, 4.69) is 4.98 Å². The number of benzene rings is 2. The fourth-order valence-electron chi connectivity index (χ4n) is 2.13. The number of pyridine rings is 1. The van der Waals surface area contributed by atoms with Crippen molar-refractivity contribution in [3.63, 3.8) is 0 Å². The molecular formula is C16H12ClFN2O. The van der Waals surface area contributed by atoms with Crippen LogP contribution in [0.3, 0.4) is 0 Å². The van der Waals surface area contributed by atoms with Crippen molar-refractivity contribution < 1.29 is 9.13 Å². The zero-order chi connectivity index (χ0) is 14.8. The molecule has 5 heteroatoms. The molecule has 3 aromatic rings. The maximum Gasteiger partial charge on any atom is 0.223 e. The van der Waals surface area contributed by atoms with E-state index in [0.717, 1.165) is 17.0 Å². The number of nitrogens with zero attached hydrogens (tertiary/aromatic N) is 1. The molecule has 0 spiro atoms. The van der Waals surface area contributed by atoms with Crippen molar-refractivity contribution in [2.24, 2.45) is 5.73 Å². The summed E-state index contributed by atoms with van der Waals surface area (Å²) in [5.74, 6) is 0.457. The van der Waals surface area contributed by atoms with Crippen LogP contribution in [0, 0.1) is 5.82 Å². The van der Waals surface area contributed by atoms with Gasteiger partial charge < -0.3 is 10.5 Å². The van der Waals surface area contributed by atoms with Gasteiger partial charge in [-0.05, 0) is 18.2 Å². The van der Waals surface area contributed by atoms with Gasteiger partial charge in [-0.25, -0.2) is 9.37 Å². The van der Waals surface area contributed by atoms with Gasteiger partial charge in [0.15, 0.2) is 0 Å². The SMILES string of the molecule is NCc1cc(F)cnc1Oc1ccc(Cl)c2ccccc12. The summed E-state index contributed by atoms with van der Waals surface area (Å²) < 4.78 is 19.0. The molecule has 0 unspecified atom stereocenters. The molecule has 0 atom stereocenters. The topological polar surface area (TPSA) is 48.1 Å². The maximum atomic E-state index is 13.2. The van der Waals surface area contributed by atoms with Gasteiger partial charge in [-0.2, -0.15) is 0 Å². The highest BCUT2D eigenvalue weighted by Crippen LogP contribution is 2.34. The van der Waals surface area contributed by atoms with Gasteiger partial charge in [0.2, 0.25) is 5.88 Å². The Morgan fingerprint density at radius 2 is 1.90 bits per heavy atom. The smallest absolute Gasteiger partial charge is 0.223 e. The molecule has 0 aliphatic heterocycles. The summed E-state index contributed by atoms with van der Waals surface area (Å²) in [5, 5.41) is 2.39. The van der Waals surface area contributed by atoms with Gasteiger partial charge in [-0.1, -0.05) is 35.9 Å². The summed E-state index contributed by atoms with van der Waals surface area (Å²) in [6.45, 7) is 0.144. The molecule has 0 aliphatic carbocycles. The largest absolute Gasteiger partial charge is 0.438 e. The predicted molar refractivity (Wildman–Crippen MR) is 81.1 cm³/mol. The van der Waals surface area contributed by atoms with Crippen molar-refractivity contribution in [3.8, 4) is 11.6 Å². The fraction of sp³-hybridized carbons (Fsp3) is 0.0625. The second-order valence-corrected chi connectivity index (χ2v) is 4.92. The van der Waals surface area contributed by atoms with Crippen molar-refractivity contribution >= 4 is 22.4 Å². The molecule has 0 saturated carbocycles. The molecule has 2 aromatic carbocycles. The first-order valence-corrected chi connectivity index (χ1v) is 6.76. The van der Waals surface area contributed by atoms with Crippen molar-refractivity contribution in [1.29, 1.82) is 0 Å². The summed E-state index contributed by atoms with van der Waals surface area (Å²) in [4.78, 5) is 3.96. The molecule has 0 aliphatic rings. The molecule has 0 fully saturated rings. The van der Waals surface area contributed by atoms with E-state index < -0.39 is 5.82 Å². The highest BCUT2D eigenvalue weighted by molar-refractivity contribution is 6.35. The number of hydrogen-bond donors (Lipinski definition) is 1. The van der Waals surface area contributed by atoms with Crippen LogP contribution in [-0.4, -0.2) is 4.98 Å². The van der Waals surface area contributed by atoms with Crippen molar-refractivity contribution in [2.45, 2.75) is 6.54 Å². The summed E-state index contributed by atoms with van der Waals surface area (Å²) in [7, 11) is 0. The van der Waals surface area contributed by atoms with Crippen LogP contribution in [0.1, 0.15) is 5.56 Å². The van der Waals surface area contributed by atoms with Crippen LogP contribution in [-0.2, 0) is 6.54 Å². The zero-order valence-corrected chi connectivity index (χ0v) is 11.8. The lowest BCUT2D eigenvalue weighted by Gasteiger charge is -2.11. The van der Waals surface area contributed by atoms with E-state index in [0.29, 0.717) is 22.2 Å². The van der Waals surface area contributed by atoms with Crippen LogP contribution in [0.5, 0.6) is 11.6 Å². The van der Waals surface area contributed by atoms with E-state index >= 15 is 0 Å². The van der Waals surface area contributed by atoms with Crippen molar-refractivity contribution in [3.05, 3.63) is 65.1 Å². The molecule has 0 bridgehead atoms. The molecule has 1 heterocycles. The Bertz CT molecular complexity index is 807. The van der Waals surface area contributed by atoms with E-state index in [1.165, 1.54) is 6.07 Å². The van der Waals surface area contributed by atoms with Crippen LogP contribution in [0.25, 0.3) is 10.8 Å². The molecule has 0 saturated heterocycles. The molecule has 3 nitrogen and oxygen atoms in total. The highest BCUT2D eigenvalue weighted by atomic mass is 35.5. The average Bonchev–Trinajstić information content (AvgIpc) is 2.52. The fourth-order valence-corrected chi connectivity index (χ4v) is 2.36. The van der Waals surface area contributed by atoms with Crippen LogP contribution in [0.2, 0.25) is 5.02 Å². The second-order valence-electron chi connectivity index (χ2n) is 4.52. The molecule has 2 N–H and O–H groups in total. The average molecular weight is 303 g/mol. The van der Waals surface area contributed by atoms with Gasteiger partial charge in [-0.3, -0.25) is 0 Å². The lowest BCUT2D eigenvalue weighted by molar-refractivity contribution is 0.457. The van der Waals surface area contributed by atoms with Gasteiger partial charge >= 0.3 is 0 Å². The number of hydrogen-bond acceptors (Lipinski definition) is 3. The van der Waals surface area contributed by atoms with E-state index in [9.17, 15) is 4.39 Å². The molecule has 106 valence electrons. The molecule has 0 amide bonds. The van der Waals surface area contributed by atoms with Crippen LogP contribution in [0.15, 0.2) is 48.7 Å². The Balaban J connectivity index is 2.09. The van der Waals surface area contributed by atoms with E-state index in [1.54, 1.807) is 12.1 Å². The first kappa shape index (κ1) is 13.8. The Morgan fingerprint density at radius 3 is 2.67 bits per heavy atom. The molecule has 1 aromatic heterocycles. The van der Waals surface area contributed by atoms with E-state index in [4.69, 9.17) is 22.1 Å². The van der Waals surface area contributed by atoms with Gasteiger partial charge in [-0.15, -0.1) is 0 Å².